The summed E-state index contributed by atoms with van der Waals surface area (Å²) in [5.41, 5.74) is 4.08. The summed E-state index contributed by atoms with van der Waals surface area (Å²) in [6.45, 7) is 0. The fourth-order valence-corrected chi connectivity index (χ4v) is 3.19. The Kier molecular flexibility index (Phi) is 4.84. The zero-order valence-corrected chi connectivity index (χ0v) is 15.7. The van der Waals surface area contributed by atoms with Crippen molar-refractivity contribution in [1.29, 1.82) is 0 Å². The van der Waals surface area contributed by atoms with Crippen LogP contribution in [0.15, 0.2) is 66.7 Å². The van der Waals surface area contributed by atoms with E-state index in [-0.39, 0.29) is 12.3 Å². The number of aromatic amines is 1. The van der Waals surface area contributed by atoms with E-state index in [2.05, 4.69) is 15.3 Å². The van der Waals surface area contributed by atoms with Gasteiger partial charge in [-0.1, -0.05) is 47.5 Å². The number of anilines is 1. The zero-order valence-electron chi connectivity index (χ0n) is 14.2. The van der Waals surface area contributed by atoms with Crippen LogP contribution < -0.4 is 5.32 Å². The highest BCUT2D eigenvalue weighted by Crippen LogP contribution is 2.30. The number of carbonyl (C=O) groups is 1. The third kappa shape index (κ3) is 3.97. The van der Waals surface area contributed by atoms with Crippen molar-refractivity contribution in [3.63, 3.8) is 0 Å². The molecule has 0 aliphatic heterocycles. The van der Waals surface area contributed by atoms with Gasteiger partial charge in [-0.25, -0.2) is 4.98 Å². The molecule has 0 aliphatic rings. The van der Waals surface area contributed by atoms with Crippen LogP contribution in [0.4, 0.5) is 5.69 Å². The quantitative estimate of drug-likeness (QED) is 0.464. The van der Waals surface area contributed by atoms with E-state index in [1.807, 2.05) is 42.5 Å². The summed E-state index contributed by atoms with van der Waals surface area (Å²) in [5.74, 6) is 0.546. The maximum atomic E-state index is 12.3. The van der Waals surface area contributed by atoms with E-state index < -0.39 is 0 Å². The van der Waals surface area contributed by atoms with Crippen LogP contribution in [0.1, 0.15) is 5.56 Å². The van der Waals surface area contributed by atoms with Gasteiger partial charge in [-0.05, 0) is 48.0 Å². The molecule has 0 fully saturated rings. The van der Waals surface area contributed by atoms with Crippen molar-refractivity contribution >= 4 is 45.8 Å². The largest absolute Gasteiger partial charge is 0.338 e. The Morgan fingerprint density at radius 3 is 2.56 bits per heavy atom. The molecule has 3 aromatic carbocycles. The molecule has 1 aromatic heterocycles. The van der Waals surface area contributed by atoms with Crippen molar-refractivity contribution < 1.29 is 4.79 Å². The van der Waals surface area contributed by atoms with Crippen LogP contribution in [-0.2, 0) is 11.2 Å². The second-order valence-corrected chi connectivity index (χ2v) is 6.99. The van der Waals surface area contributed by atoms with Gasteiger partial charge in [0.1, 0.15) is 5.82 Å². The molecule has 0 aliphatic carbocycles. The van der Waals surface area contributed by atoms with E-state index in [0.717, 1.165) is 22.2 Å². The number of hydrogen-bond acceptors (Lipinski definition) is 2. The van der Waals surface area contributed by atoms with E-state index in [1.165, 1.54) is 0 Å². The number of H-pyrrole nitrogens is 1. The van der Waals surface area contributed by atoms with Gasteiger partial charge < -0.3 is 10.3 Å². The standard InChI is InChI=1S/C21H15Cl2N3O/c22-14-7-5-13(6-8-14)11-20(27)24-15-9-10-17(23)16(12-15)21-25-18-3-1-2-4-19(18)26-21/h1-10,12H,11H2,(H,24,27)(H,25,26). The molecule has 2 N–H and O–H groups in total. The van der Waals surface area contributed by atoms with Crippen molar-refractivity contribution in [3.8, 4) is 11.4 Å². The van der Waals surface area contributed by atoms with Gasteiger partial charge in [-0.2, -0.15) is 0 Å². The molecule has 0 saturated carbocycles. The van der Waals surface area contributed by atoms with E-state index in [9.17, 15) is 4.79 Å². The lowest BCUT2D eigenvalue weighted by molar-refractivity contribution is -0.115. The minimum absolute atomic E-state index is 0.116. The highest BCUT2D eigenvalue weighted by molar-refractivity contribution is 6.33. The first-order valence-corrected chi connectivity index (χ1v) is 9.13. The van der Waals surface area contributed by atoms with Crippen LogP contribution in [-0.4, -0.2) is 15.9 Å². The summed E-state index contributed by atoms with van der Waals surface area (Å²) < 4.78 is 0. The van der Waals surface area contributed by atoms with Crippen molar-refractivity contribution in [2.24, 2.45) is 0 Å². The molecule has 4 aromatic rings. The molecule has 1 amide bonds. The van der Waals surface area contributed by atoms with Crippen LogP contribution in [0.3, 0.4) is 0 Å². The number of rotatable bonds is 4. The number of halogens is 2. The molecule has 0 bridgehead atoms. The van der Waals surface area contributed by atoms with Crippen molar-refractivity contribution in [1.82, 2.24) is 9.97 Å². The Hall–Kier alpha value is -2.82. The lowest BCUT2D eigenvalue weighted by atomic mass is 10.1. The maximum Gasteiger partial charge on any atom is 0.228 e. The smallest absolute Gasteiger partial charge is 0.228 e. The molecule has 0 radical (unpaired) electrons. The molecule has 0 spiro atoms. The summed E-state index contributed by atoms with van der Waals surface area (Å²) in [7, 11) is 0. The first kappa shape index (κ1) is 17.6. The van der Waals surface area contributed by atoms with Gasteiger partial charge in [0.25, 0.3) is 0 Å². The Labute approximate surface area is 166 Å². The van der Waals surface area contributed by atoms with E-state index in [4.69, 9.17) is 23.2 Å². The predicted octanol–water partition coefficient (Wildman–Crippen LogP) is 5.72. The average Bonchev–Trinajstić information content (AvgIpc) is 3.09. The number of nitrogens with one attached hydrogen (secondary N) is 2. The number of carbonyl (C=O) groups excluding carboxylic acids is 1. The van der Waals surface area contributed by atoms with Gasteiger partial charge >= 0.3 is 0 Å². The molecule has 134 valence electrons. The lowest BCUT2D eigenvalue weighted by Gasteiger charge is -2.08. The van der Waals surface area contributed by atoms with E-state index in [0.29, 0.717) is 21.6 Å². The second-order valence-electron chi connectivity index (χ2n) is 6.15. The lowest BCUT2D eigenvalue weighted by Crippen LogP contribution is -2.14. The monoisotopic (exact) mass is 395 g/mol. The van der Waals surface area contributed by atoms with Gasteiger partial charge in [0.2, 0.25) is 5.91 Å². The summed E-state index contributed by atoms with van der Waals surface area (Å²) in [6, 6.07) is 20.3. The van der Waals surface area contributed by atoms with Gasteiger partial charge in [0.15, 0.2) is 0 Å². The summed E-state index contributed by atoms with van der Waals surface area (Å²) in [6.07, 6.45) is 0.264. The SMILES string of the molecule is O=C(Cc1ccc(Cl)cc1)Nc1ccc(Cl)c(-c2nc3ccccc3[nH]2)c1. The minimum atomic E-state index is -0.116. The highest BCUT2D eigenvalue weighted by atomic mass is 35.5. The Bertz CT molecular complexity index is 1090. The summed E-state index contributed by atoms with van der Waals surface area (Å²) >= 11 is 12.2. The Balaban J connectivity index is 1.56. The number of para-hydroxylation sites is 2. The number of aromatic nitrogens is 2. The molecule has 4 rings (SSSR count). The third-order valence-electron chi connectivity index (χ3n) is 4.17. The number of nitrogens with zero attached hydrogens (tertiary/aromatic N) is 1. The average molecular weight is 396 g/mol. The number of amides is 1. The first-order valence-electron chi connectivity index (χ1n) is 8.37. The Morgan fingerprint density at radius 2 is 1.78 bits per heavy atom. The van der Waals surface area contributed by atoms with Crippen LogP contribution in [0.2, 0.25) is 10.0 Å². The Morgan fingerprint density at radius 1 is 1.00 bits per heavy atom. The van der Waals surface area contributed by atoms with Crippen LogP contribution in [0.25, 0.3) is 22.4 Å². The van der Waals surface area contributed by atoms with Gasteiger partial charge in [0, 0.05) is 16.3 Å². The predicted molar refractivity (Wildman–Crippen MR) is 110 cm³/mol. The molecule has 27 heavy (non-hydrogen) atoms. The van der Waals surface area contributed by atoms with Crippen molar-refractivity contribution in [2.75, 3.05) is 5.32 Å². The number of imidazole rings is 1. The minimum Gasteiger partial charge on any atom is -0.338 e. The number of benzene rings is 3. The van der Waals surface area contributed by atoms with Gasteiger partial charge in [-0.3, -0.25) is 4.79 Å². The topological polar surface area (TPSA) is 57.8 Å². The fraction of sp³-hybridized carbons (Fsp3) is 0.0476. The van der Waals surface area contributed by atoms with Crippen molar-refractivity contribution in [2.45, 2.75) is 6.42 Å². The summed E-state index contributed by atoms with van der Waals surface area (Å²) in [5, 5.41) is 4.11. The fourth-order valence-electron chi connectivity index (χ4n) is 2.86. The second kappa shape index (κ2) is 7.43. The molecular weight excluding hydrogens is 381 g/mol. The third-order valence-corrected chi connectivity index (χ3v) is 4.75. The summed E-state index contributed by atoms with van der Waals surface area (Å²) in [4.78, 5) is 20.2. The van der Waals surface area contributed by atoms with Crippen LogP contribution in [0, 0.1) is 0 Å². The molecule has 0 saturated heterocycles. The number of hydrogen-bond donors (Lipinski definition) is 2. The van der Waals surface area contributed by atoms with Crippen LogP contribution in [0.5, 0.6) is 0 Å². The zero-order chi connectivity index (χ0) is 18.8. The van der Waals surface area contributed by atoms with E-state index >= 15 is 0 Å². The first-order chi connectivity index (χ1) is 13.1. The van der Waals surface area contributed by atoms with Crippen molar-refractivity contribution in [3.05, 3.63) is 82.3 Å². The van der Waals surface area contributed by atoms with Gasteiger partial charge in [-0.15, -0.1) is 0 Å². The molecule has 6 heteroatoms. The van der Waals surface area contributed by atoms with E-state index in [1.54, 1.807) is 24.3 Å². The molecule has 0 atom stereocenters. The van der Waals surface area contributed by atoms with Crippen LogP contribution >= 0.6 is 23.2 Å². The highest BCUT2D eigenvalue weighted by Gasteiger charge is 2.11. The normalized spacial score (nSPS) is 10.9. The molecule has 1 heterocycles. The van der Waals surface area contributed by atoms with Gasteiger partial charge in [0.05, 0.1) is 22.5 Å². The number of fused-ring (bicyclic) bond motifs is 1. The molecule has 0 unspecified atom stereocenters. The molecular formula is C21H15Cl2N3O. The maximum absolute atomic E-state index is 12.3. The molecule has 4 nitrogen and oxygen atoms in total.